The molecule has 0 atom stereocenters. The number of azo groups is 1. The normalized spacial score (nSPS) is 11.7. The number of hydrogen-bond donors (Lipinski definition) is 1. The van der Waals surface area contributed by atoms with Crippen molar-refractivity contribution in [1.82, 2.24) is 0 Å². The fourth-order valence-electron chi connectivity index (χ4n) is 2.24. The quantitative estimate of drug-likeness (QED) is 0.219. The van der Waals surface area contributed by atoms with Gasteiger partial charge in [-0.15, -0.1) is 10.2 Å². The first-order valence-corrected chi connectivity index (χ1v) is 8.12. The van der Waals surface area contributed by atoms with Gasteiger partial charge in [0.1, 0.15) is 5.75 Å². The predicted molar refractivity (Wildman–Crippen MR) is 103 cm³/mol. The van der Waals surface area contributed by atoms with Crippen LogP contribution < -0.4 is 0 Å². The van der Waals surface area contributed by atoms with Gasteiger partial charge in [-0.25, -0.2) is 4.99 Å². The maximum absolute atomic E-state index is 10.9. The minimum Gasteiger partial charge on any atom is -0.508 e. The van der Waals surface area contributed by atoms with Crippen molar-refractivity contribution in [3.63, 3.8) is 0 Å². The molecule has 3 aromatic rings. The van der Waals surface area contributed by atoms with Gasteiger partial charge in [0, 0.05) is 17.7 Å². The molecule has 1 N–H and O–H groups in total. The van der Waals surface area contributed by atoms with E-state index in [4.69, 9.17) is 0 Å². The van der Waals surface area contributed by atoms with Crippen LogP contribution in [0.4, 0.5) is 17.1 Å². The van der Waals surface area contributed by atoms with Crippen LogP contribution in [-0.2, 0) is 0 Å². The predicted octanol–water partition coefficient (Wildman–Crippen LogP) is 5.47. The van der Waals surface area contributed by atoms with Crippen molar-refractivity contribution in [2.45, 2.75) is 6.92 Å². The third-order valence-electron chi connectivity index (χ3n) is 3.72. The van der Waals surface area contributed by atoms with Crippen molar-refractivity contribution < 1.29 is 10.0 Å². The molecule has 0 aliphatic heterocycles. The summed E-state index contributed by atoms with van der Waals surface area (Å²) >= 11 is 0. The zero-order valence-electron chi connectivity index (χ0n) is 14.5. The van der Waals surface area contributed by atoms with Crippen LogP contribution in [0.1, 0.15) is 11.1 Å². The van der Waals surface area contributed by atoms with Crippen LogP contribution in [0.5, 0.6) is 5.75 Å². The van der Waals surface area contributed by atoms with Crippen molar-refractivity contribution in [3.05, 3.63) is 94.0 Å². The molecule has 27 heavy (non-hydrogen) atoms. The van der Waals surface area contributed by atoms with Gasteiger partial charge >= 0.3 is 0 Å². The molecule has 0 saturated heterocycles. The zero-order valence-corrected chi connectivity index (χ0v) is 14.5. The molecule has 0 unspecified atom stereocenters. The molecule has 0 aliphatic carbocycles. The highest BCUT2D eigenvalue weighted by atomic mass is 16.6. The third kappa shape index (κ3) is 4.82. The number of aliphatic imine (C=N–C) groups is 1. The highest BCUT2D eigenvalue weighted by Crippen LogP contribution is 2.21. The van der Waals surface area contributed by atoms with Crippen LogP contribution in [0.25, 0.3) is 0 Å². The number of benzene rings is 3. The lowest BCUT2D eigenvalue weighted by atomic mass is 10.2. The summed E-state index contributed by atoms with van der Waals surface area (Å²) in [4.78, 5) is 14.9. The van der Waals surface area contributed by atoms with Crippen LogP contribution in [0, 0.1) is 17.0 Å². The van der Waals surface area contributed by atoms with E-state index in [9.17, 15) is 15.2 Å². The molecule has 0 saturated carbocycles. The lowest BCUT2D eigenvalue weighted by Gasteiger charge is -2.02. The number of rotatable bonds is 4. The number of non-ortho nitro benzene ring substituents is 1. The van der Waals surface area contributed by atoms with E-state index in [1.807, 2.05) is 31.2 Å². The molecule has 0 aliphatic rings. The second-order valence-corrected chi connectivity index (χ2v) is 5.79. The standard InChI is InChI=1S/C20H16N4O3/c1-14-2-6-16(7-3-14)21-20(15-4-10-18(11-5-15)24(26)27)23-22-17-8-12-19(25)13-9-17/h2-13,25H,1H3. The summed E-state index contributed by atoms with van der Waals surface area (Å²) < 4.78 is 0. The Morgan fingerprint density at radius 2 is 1.48 bits per heavy atom. The molecule has 3 aromatic carbocycles. The van der Waals surface area contributed by atoms with E-state index >= 15 is 0 Å². The zero-order chi connectivity index (χ0) is 19.2. The van der Waals surface area contributed by atoms with Crippen LogP contribution in [0.15, 0.2) is 88.0 Å². The highest BCUT2D eigenvalue weighted by molar-refractivity contribution is 6.01. The van der Waals surface area contributed by atoms with Crippen LogP contribution in [-0.4, -0.2) is 15.9 Å². The van der Waals surface area contributed by atoms with Gasteiger partial charge in [-0.2, -0.15) is 0 Å². The van der Waals surface area contributed by atoms with E-state index in [-0.39, 0.29) is 11.4 Å². The highest BCUT2D eigenvalue weighted by Gasteiger charge is 2.08. The fraction of sp³-hybridized carbons (Fsp3) is 0.0500. The number of phenolic OH excluding ortho intramolecular Hbond substituents is 1. The Morgan fingerprint density at radius 3 is 2.07 bits per heavy atom. The second-order valence-electron chi connectivity index (χ2n) is 5.79. The minimum absolute atomic E-state index is 0.0103. The van der Waals surface area contributed by atoms with Gasteiger partial charge in [-0.3, -0.25) is 10.1 Å². The molecule has 0 aromatic heterocycles. The summed E-state index contributed by atoms with van der Waals surface area (Å²) in [6.45, 7) is 1.98. The van der Waals surface area contributed by atoms with E-state index in [0.717, 1.165) is 5.56 Å². The smallest absolute Gasteiger partial charge is 0.269 e. The van der Waals surface area contributed by atoms with E-state index in [1.54, 1.807) is 24.3 Å². The summed E-state index contributed by atoms with van der Waals surface area (Å²) in [5.41, 5.74) is 2.94. The Morgan fingerprint density at radius 1 is 0.889 bits per heavy atom. The molecular formula is C20H16N4O3. The average molecular weight is 360 g/mol. The number of aromatic hydroxyl groups is 1. The molecular weight excluding hydrogens is 344 g/mol. The molecule has 0 bridgehead atoms. The maximum Gasteiger partial charge on any atom is 0.269 e. The summed E-state index contributed by atoms with van der Waals surface area (Å²) in [5.74, 6) is 0.458. The number of nitro groups is 1. The Kier molecular flexibility index (Phi) is 5.32. The fourth-order valence-corrected chi connectivity index (χ4v) is 2.24. The number of nitrogens with zero attached hydrogens (tertiary/aromatic N) is 4. The summed E-state index contributed by atoms with van der Waals surface area (Å²) in [5, 5.41) is 28.6. The number of aryl methyl sites for hydroxylation is 1. The van der Waals surface area contributed by atoms with Crippen molar-refractivity contribution in [2.75, 3.05) is 0 Å². The van der Waals surface area contributed by atoms with Crippen molar-refractivity contribution >= 4 is 22.9 Å². The largest absolute Gasteiger partial charge is 0.508 e. The van der Waals surface area contributed by atoms with Crippen LogP contribution in [0.3, 0.4) is 0 Å². The monoisotopic (exact) mass is 360 g/mol. The van der Waals surface area contributed by atoms with Gasteiger partial charge in [0.15, 0.2) is 5.84 Å². The number of amidine groups is 1. The first-order chi connectivity index (χ1) is 13.0. The van der Waals surface area contributed by atoms with Crippen molar-refractivity contribution in [3.8, 4) is 5.75 Å². The second kappa shape index (κ2) is 8.01. The average Bonchev–Trinajstić information content (AvgIpc) is 2.68. The minimum atomic E-state index is -0.460. The number of phenols is 1. The maximum atomic E-state index is 10.9. The molecule has 0 fully saturated rings. The van der Waals surface area contributed by atoms with Gasteiger partial charge in [0.2, 0.25) is 0 Å². The number of hydrogen-bond acceptors (Lipinski definition) is 5. The molecule has 0 radical (unpaired) electrons. The Bertz CT molecular complexity index is 993. The van der Waals surface area contributed by atoms with Crippen LogP contribution in [0.2, 0.25) is 0 Å². The topological polar surface area (TPSA) is 100 Å². The van der Waals surface area contributed by atoms with E-state index in [1.165, 1.54) is 24.3 Å². The van der Waals surface area contributed by atoms with Crippen molar-refractivity contribution in [2.24, 2.45) is 15.2 Å². The van der Waals surface area contributed by atoms with Gasteiger partial charge < -0.3 is 5.11 Å². The van der Waals surface area contributed by atoms with E-state index in [2.05, 4.69) is 15.2 Å². The Balaban J connectivity index is 1.98. The lowest BCUT2D eigenvalue weighted by Crippen LogP contribution is -1.97. The van der Waals surface area contributed by atoms with Gasteiger partial charge in [-0.05, 0) is 55.5 Å². The van der Waals surface area contributed by atoms with Gasteiger partial charge in [0.25, 0.3) is 5.69 Å². The van der Waals surface area contributed by atoms with Gasteiger partial charge in [-0.1, -0.05) is 17.7 Å². The molecule has 7 heteroatoms. The first-order valence-electron chi connectivity index (χ1n) is 8.12. The summed E-state index contributed by atoms with van der Waals surface area (Å²) in [6, 6.07) is 19.8. The molecule has 7 nitrogen and oxygen atoms in total. The van der Waals surface area contributed by atoms with Gasteiger partial charge in [0.05, 0.1) is 16.3 Å². The molecule has 0 spiro atoms. The first kappa shape index (κ1) is 17.9. The summed E-state index contributed by atoms with van der Waals surface area (Å²) in [7, 11) is 0. The lowest BCUT2D eigenvalue weighted by molar-refractivity contribution is -0.384. The van der Waals surface area contributed by atoms with E-state index < -0.39 is 4.92 Å². The SMILES string of the molecule is Cc1ccc(N=C(N=Nc2ccc(O)cc2)c2ccc([N+](=O)[O-])cc2)cc1. The Hall–Kier alpha value is -3.87. The molecule has 3 rings (SSSR count). The third-order valence-corrected chi connectivity index (χ3v) is 3.72. The Labute approximate surface area is 155 Å². The number of nitro benzene ring substituents is 1. The molecule has 134 valence electrons. The van der Waals surface area contributed by atoms with Crippen molar-refractivity contribution in [1.29, 1.82) is 0 Å². The molecule has 0 amide bonds. The molecule has 0 heterocycles. The van der Waals surface area contributed by atoms with Crippen LogP contribution >= 0.6 is 0 Å². The van der Waals surface area contributed by atoms with E-state index in [0.29, 0.717) is 22.8 Å². The summed E-state index contributed by atoms with van der Waals surface area (Å²) in [6.07, 6.45) is 0.